The molecule has 4 rings (SSSR count). The van der Waals surface area contributed by atoms with E-state index in [1.165, 1.54) is 12.1 Å². The van der Waals surface area contributed by atoms with Crippen molar-refractivity contribution >= 4 is 11.5 Å². The van der Waals surface area contributed by atoms with Crippen molar-refractivity contribution in [3.05, 3.63) is 66.5 Å². The predicted octanol–water partition coefficient (Wildman–Crippen LogP) is 4.23. The molecule has 0 bridgehead atoms. The highest BCUT2D eigenvalue weighted by Gasteiger charge is 2.22. The fraction of sp³-hybridized carbons (Fsp3) is 0.286. The molecular formula is C21H22FN5. The number of anilines is 2. The summed E-state index contributed by atoms with van der Waals surface area (Å²) in [7, 11) is 2.13. The molecule has 1 unspecified atom stereocenters. The summed E-state index contributed by atoms with van der Waals surface area (Å²) in [5, 5.41) is 3.22. The lowest BCUT2D eigenvalue weighted by Crippen LogP contribution is -2.31. The van der Waals surface area contributed by atoms with Gasteiger partial charge in [-0.15, -0.1) is 0 Å². The average Bonchev–Trinajstić information content (AvgIpc) is 2.68. The van der Waals surface area contributed by atoms with Crippen LogP contribution in [-0.2, 0) is 0 Å². The number of halogens is 1. The zero-order valence-electron chi connectivity index (χ0n) is 15.3. The van der Waals surface area contributed by atoms with Gasteiger partial charge in [0.2, 0.25) is 0 Å². The lowest BCUT2D eigenvalue weighted by atomic mass is 9.97. The summed E-state index contributed by atoms with van der Waals surface area (Å²) < 4.78 is 13.5. The third kappa shape index (κ3) is 4.28. The number of hydrogen-bond acceptors (Lipinski definition) is 5. The van der Waals surface area contributed by atoms with Crippen LogP contribution in [0.4, 0.5) is 15.9 Å². The topological polar surface area (TPSA) is 53.9 Å². The second kappa shape index (κ2) is 7.80. The molecule has 2 aromatic heterocycles. The molecule has 0 spiro atoms. The van der Waals surface area contributed by atoms with Crippen LogP contribution < -0.4 is 5.32 Å². The van der Waals surface area contributed by atoms with Crippen LogP contribution in [0.2, 0.25) is 0 Å². The van der Waals surface area contributed by atoms with Crippen LogP contribution in [0, 0.1) is 5.82 Å². The molecule has 0 aliphatic carbocycles. The van der Waals surface area contributed by atoms with Crippen molar-refractivity contribution < 1.29 is 4.39 Å². The summed E-state index contributed by atoms with van der Waals surface area (Å²) in [6.07, 6.45) is 5.74. The van der Waals surface area contributed by atoms with Gasteiger partial charge < -0.3 is 10.2 Å². The van der Waals surface area contributed by atoms with Gasteiger partial charge in [-0.1, -0.05) is 6.07 Å². The Morgan fingerprint density at radius 1 is 1.15 bits per heavy atom. The monoisotopic (exact) mass is 363 g/mol. The summed E-state index contributed by atoms with van der Waals surface area (Å²) in [5.74, 6) is 1.49. The van der Waals surface area contributed by atoms with Gasteiger partial charge in [0.05, 0.1) is 5.69 Å². The molecule has 1 N–H and O–H groups in total. The lowest BCUT2D eigenvalue weighted by Gasteiger charge is -2.29. The smallest absolute Gasteiger partial charge is 0.135 e. The molecule has 0 radical (unpaired) electrons. The van der Waals surface area contributed by atoms with Crippen molar-refractivity contribution in [3.63, 3.8) is 0 Å². The number of hydrogen-bond donors (Lipinski definition) is 1. The number of likely N-dealkylation sites (N-methyl/N-ethyl adjacent to an activating group) is 1. The Morgan fingerprint density at radius 3 is 2.85 bits per heavy atom. The van der Waals surface area contributed by atoms with E-state index >= 15 is 0 Å². The number of likely N-dealkylation sites (tertiary alicyclic amines) is 1. The van der Waals surface area contributed by atoms with Gasteiger partial charge >= 0.3 is 0 Å². The van der Waals surface area contributed by atoms with Crippen LogP contribution in [0.25, 0.3) is 11.3 Å². The van der Waals surface area contributed by atoms with Crippen LogP contribution in [0.1, 0.15) is 24.6 Å². The van der Waals surface area contributed by atoms with Crippen molar-refractivity contribution in [2.24, 2.45) is 0 Å². The largest absolute Gasteiger partial charge is 0.340 e. The maximum Gasteiger partial charge on any atom is 0.135 e. The number of rotatable bonds is 4. The van der Waals surface area contributed by atoms with Gasteiger partial charge in [0.25, 0.3) is 0 Å². The number of nitrogens with zero attached hydrogens (tertiary/aromatic N) is 4. The quantitative estimate of drug-likeness (QED) is 0.752. The van der Waals surface area contributed by atoms with Gasteiger partial charge in [0, 0.05) is 42.2 Å². The molecule has 6 heteroatoms. The molecule has 1 saturated heterocycles. The minimum Gasteiger partial charge on any atom is -0.340 e. The first-order chi connectivity index (χ1) is 13.2. The maximum absolute atomic E-state index is 13.5. The van der Waals surface area contributed by atoms with Crippen molar-refractivity contribution in [1.29, 1.82) is 0 Å². The minimum absolute atomic E-state index is 0.282. The molecule has 3 aromatic rings. The van der Waals surface area contributed by atoms with E-state index < -0.39 is 0 Å². The van der Waals surface area contributed by atoms with Gasteiger partial charge in [0.1, 0.15) is 17.5 Å². The maximum atomic E-state index is 13.5. The Kier molecular flexibility index (Phi) is 5.07. The molecule has 5 nitrogen and oxygen atoms in total. The fourth-order valence-electron chi connectivity index (χ4n) is 3.47. The molecule has 27 heavy (non-hydrogen) atoms. The number of aromatic nitrogens is 3. The normalized spacial score (nSPS) is 17.6. The second-order valence-corrected chi connectivity index (χ2v) is 6.98. The Labute approximate surface area is 158 Å². The lowest BCUT2D eigenvalue weighted by molar-refractivity contribution is 0.246. The van der Waals surface area contributed by atoms with Gasteiger partial charge in [-0.05, 0) is 56.8 Å². The molecule has 0 amide bonds. The van der Waals surface area contributed by atoms with E-state index in [0.29, 0.717) is 11.5 Å². The van der Waals surface area contributed by atoms with Crippen molar-refractivity contribution in [2.45, 2.75) is 18.8 Å². The van der Waals surface area contributed by atoms with E-state index in [1.807, 2.05) is 24.3 Å². The van der Waals surface area contributed by atoms with E-state index in [1.54, 1.807) is 18.5 Å². The van der Waals surface area contributed by atoms with Gasteiger partial charge in [-0.25, -0.2) is 14.4 Å². The molecule has 3 heterocycles. The standard InChI is InChI=1S/C21H22FN5/c1-27-10-4-6-16(14-27)21-25-19(15-5-3-9-23-13-15)12-20(26-21)24-18-8-2-7-17(22)11-18/h2-3,5,7-9,11-13,16H,4,6,10,14H2,1H3,(H,24,25,26). The number of piperidine rings is 1. The van der Waals surface area contributed by atoms with E-state index in [2.05, 4.69) is 22.2 Å². The number of benzene rings is 1. The molecule has 0 saturated carbocycles. The van der Waals surface area contributed by atoms with Crippen molar-refractivity contribution in [2.75, 3.05) is 25.5 Å². The summed E-state index contributed by atoms with van der Waals surface area (Å²) in [6, 6.07) is 12.2. The zero-order valence-corrected chi connectivity index (χ0v) is 15.3. The zero-order chi connectivity index (χ0) is 18.6. The highest BCUT2D eigenvalue weighted by atomic mass is 19.1. The average molecular weight is 363 g/mol. The first kappa shape index (κ1) is 17.5. The van der Waals surface area contributed by atoms with Crippen LogP contribution >= 0.6 is 0 Å². The fourth-order valence-corrected chi connectivity index (χ4v) is 3.47. The highest BCUT2D eigenvalue weighted by molar-refractivity contribution is 5.65. The molecule has 138 valence electrons. The van der Waals surface area contributed by atoms with Crippen molar-refractivity contribution in [3.8, 4) is 11.3 Å². The Morgan fingerprint density at radius 2 is 2.07 bits per heavy atom. The third-order valence-corrected chi connectivity index (χ3v) is 4.79. The van der Waals surface area contributed by atoms with Crippen LogP contribution in [0.5, 0.6) is 0 Å². The third-order valence-electron chi connectivity index (χ3n) is 4.79. The van der Waals surface area contributed by atoms with E-state index in [4.69, 9.17) is 9.97 Å². The van der Waals surface area contributed by atoms with E-state index in [0.717, 1.165) is 43.0 Å². The van der Waals surface area contributed by atoms with Crippen LogP contribution in [0.3, 0.4) is 0 Å². The van der Waals surface area contributed by atoms with Crippen LogP contribution in [-0.4, -0.2) is 40.0 Å². The predicted molar refractivity (Wildman–Crippen MR) is 104 cm³/mol. The van der Waals surface area contributed by atoms with Crippen LogP contribution in [0.15, 0.2) is 54.9 Å². The summed E-state index contributed by atoms with van der Waals surface area (Å²) in [5.41, 5.74) is 2.42. The molecule has 1 aromatic carbocycles. The van der Waals surface area contributed by atoms with Gasteiger partial charge in [-0.3, -0.25) is 4.98 Å². The number of pyridine rings is 1. The number of nitrogens with one attached hydrogen (secondary N) is 1. The second-order valence-electron chi connectivity index (χ2n) is 6.98. The van der Waals surface area contributed by atoms with E-state index in [-0.39, 0.29) is 11.7 Å². The van der Waals surface area contributed by atoms with Crippen molar-refractivity contribution in [1.82, 2.24) is 19.9 Å². The Bertz CT molecular complexity index is 915. The molecule has 1 aliphatic rings. The Hall–Kier alpha value is -2.86. The summed E-state index contributed by atoms with van der Waals surface area (Å²) in [4.78, 5) is 16.1. The first-order valence-corrected chi connectivity index (χ1v) is 9.18. The molecular weight excluding hydrogens is 341 g/mol. The van der Waals surface area contributed by atoms with Gasteiger partial charge in [-0.2, -0.15) is 0 Å². The first-order valence-electron chi connectivity index (χ1n) is 9.18. The molecule has 1 atom stereocenters. The minimum atomic E-state index is -0.282. The SMILES string of the molecule is CN1CCCC(c2nc(Nc3cccc(F)c3)cc(-c3cccnc3)n2)C1. The summed E-state index contributed by atoms with van der Waals surface area (Å²) in [6.45, 7) is 2.04. The molecule has 1 aliphatic heterocycles. The summed E-state index contributed by atoms with van der Waals surface area (Å²) >= 11 is 0. The highest BCUT2D eigenvalue weighted by Crippen LogP contribution is 2.28. The molecule has 1 fully saturated rings. The van der Waals surface area contributed by atoms with E-state index in [9.17, 15) is 4.39 Å². The Balaban J connectivity index is 1.72. The van der Waals surface area contributed by atoms with Gasteiger partial charge in [0.15, 0.2) is 0 Å².